The molecular weight excluding hydrogens is 214 g/mol. The van der Waals surface area contributed by atoms with Gasteiger partial charge >= 0.3 is 0 Å². The summed E-state index contributed by atoms with van der Waals surface area (Å²) in [4.78, 5) is 0. The lowest BCUT2D eigenvalue weighted by Gasteiger charge is -2.04. The molecule has 0 fully saturated rings. The summed E-state index contributed by atoms with van der Waals surface area (Å²) in [6.07, 6.45) is 5.81. The van der Waals surface area contributed by atoms with Crippen LogP contribution in [0, 0.1) is 0 Å². The first-order valence-corrected chi connectivity index (χ1v) is 5.87. The van der Waals surface area contributed by atoms with E-state index in [1.165, 1.54) is 11.3 Å². The Hall–Kier alpha value is -1.62. The first-order valence-electron chi connectivity index (χ1n) is 5.87. The van der Waals surface area contributed by atoms with Crippen LogP contribution < -0.4 is 5.32 Å². The van der Waals surface area contributed by atoms with Gasteiger partial charge in [0.25, 0.3) is 0 Å². The van der Waals surface area contributed by atoms with Crippen LogP contribution >= 0.6 is 0 Å². The Morgan fingerprint density at radius 1 is 1.29 bits per heavy atom. The molecule has 0 aliphatic rings. The highest BCUT2D eigenvalue weighted by Crippen LogP contribution is 2.05. The minimum absolute atomic E-state index is 0.417. The number of nitrogens with one attached hydrogen (secondary N) is 1. The summed E-state index contributed by atoms with van der Waals surface area (Å²) < 4.78 is 3.85. The van der Waals surface area contributed by atoms with Gasteiger partial charge in [0.15, 0.2) is 0 Å². The fourth-order valence-corrected chi connectivity index (χ4v) is 1.66. The van der Waals surface area contributed by atoms with Crippen molar-refractivity contribution in [2.75, 3.05) is 0 Å². The van der Waals surface area contributed by atoms with Crippen molar-refractivity contribution in [3.05, 3.63) is 35.9 Å². The summed E-state index contributed by atoms with van der Waals surface area (Å²) in [6, 6.07) is 2.44. The van der Waals surface area contributed by atoms with Crippen LogP contribution in [-0.4, -0.2) is 19.6 Å². The van der Waals surface area contributed by atoms with E-state index in [-0.39, 0.29) is 0 Å². The van der Waals surface area contributed by atoms with Gasteiger partial charge in [-0.25, -0.2) is 0 Å². The van der Waals surface area contributed by atoms with Crippen LogP contribution in [0.15, 0.2) is 24.7 Å². The highest BCUT2D eigenvalue weighted by Gasteiger charge is 2.02. The second kappa shape index (κ2) is 5.14. The molecule has 0 radical (unpaired) electrons. The largest absolute Gasteiger partial charge is 0.307 e. The quantitative estimate of drug-likeness (QED) is 0.851. The zero-order valence-corrected chi connectivity index (χ0v) is 10.6. The molecule has 0 saturated carbocycles. The predicted octanol–water partition coefficient (Wildman–Crippen LogP) is 1.49. The fourth-order valence-electron chi connectivity index (χ4n) is 1.66. The van der Waals surface area contributed by atoms with Gasteiger partial charge < -0.3 is 5.32 Å². The first kappa shape index (κ1) is 11.9. The molecule has 0 amide bonds. The van der Waals surface area contributed by atoms with Gasteiger partial charge in [0.05, 0.1) is 11.9 Å². The van der Waals surface area contributed by atoms with Crippen molar-refractivity contribution < 1.29 is 0 Å². The molecule has 2 heterocycles. The molecular formula is C12H19N5. The van der Waals surface area contributed by atoms with Crippen LogP contribution in [0.25, 0.3) is 0 Å². The van der Waals surface area contributed by atoms with E-state index in [4.69, 9.17) is 0 Å². The van der Waals surface area contributed by atoms with E-state index in [2.05, 4.69) is 35.6 Å². The molecule has 5 nitrogen and oxygen atoms in total. The third kappa shape index (κ3) is 2.94. The van der Waals surface area contributed by atoms with E-state index >= 15 is 0 Å². The Morgan fingerprint density at radius 3 is 2.71 bits per heavy atom. The smallest absolute Gasteiger partial charge is 0.0534 e. The van der Waals surface area contributed by atoms with Crippen LogP contribution in [0.4, 0.5) is 0 Å². The van der Waals surface area contributed by atoms with Crippen LogP contribution in [0.3, 0.4) is 0 Å². The van der Waals surface area contributed by atoms with Crippen LogP contribution in [0.2, 0.25) is 0 Å². The third-order valence-corrected chi connectivity index (χ3v) is 2.74. The summed E-state index contributed by atoms with van der Waals surface area (Å²) in [7, 11) is 1.95. The van der Waals surface area contributed by atoms with Gasteiger partial charge in [-0.1, -0.05) is 0 Å². The van der Waals surface area contributed by atoms with Gasteiger partial charge in [-0.2, -0.15) is 10.2 Å². The molecule has 0 atom stereocenters. The number of hydrogen-bond acceptors (Lipinski definition) is 3. The molecule has 0 aromatic carbocycles. The SMILES string of the molecule is CC(C)n1cc(CNCc2ccnn2C)cn1. The molecule has 17 heavy (non-hydrogen) atoms. The Labute approximate surface area is 101 Å². The molecule has 0 bridgehead atoms. The van der Waals surface area contributed by atoms with E-state index in [1.807, 2.05) is 34.9 Å². The van der Waals surface area contributed by atoms with Gasteiger partial charge in [0.1, 0.15) is 0 Å². The summed E-state index contributed by atoms with van der Waals surface area (Å²) in [6.45, 7) is 5.90. The average molecular weight is 233 g/mol. The lowest BCUT2D eigenvalue weighted by molar-refractivity contribution is 0.531. The molecule has 1 N–H and O–H groups in total. The van der Waals surface area contributed by atoms with Crippen molar-refractivity contribution in [1.29, 1.82) is 0 Å². The summed E-state index contributed by atoms with van der Waals surface area (Å²) >= 11 is 0. The van der Waals surface area contributed by atoms with Crippen molar-refractivity contribution in [3.63, 3.8) is 0 Å². The van der Waals surface area contributed by atoms with Crippen LogP contribution in [0.5, 0.6) is 0 Å². The number of aryl methyl sites for hydroxylation is 1. The highest BCUT2D eigenvalue weighted by atomic mass is 15.3. The van der Waals surface area contributed by atoms with E-state index in [1.54, 1.807) is 0 Å². The lowest BCUT2D eigenvalue weighted by atomic mass is 10.3. The maximum atomic E-state index is 4.31. The predicted molar refractivity (Wildman–Crippen MR) is 66.4 cm³/mol. The fraction of sp³-hybridized carbons (Fsp3) is 0.500. The number of nitrogens with zero attached hydrogens (tertiary/aromatic N) is 4. The lowest BCUT2D eigenvalue weighted by Crippen LogP contribution is -2.15. The molecule has 2 rings (SSSR count). The van der Waals surface area contributed by atoms with Crippen molar-refractivity contribution >= 4 is 0 Å². The zero-order chi connectivity index (χ0) is 12.3. The minimum atomic E-state index is 0.417. The summed E-state index contributed by atoms with van der Waals surface area (Å²) in [5.41, 5.74) is 2.39. The Kier molecular flexibility index (Phi) is 3.58. The maximum Gasteiger partial charge on any atom is 0.0534 e. The second-order valence-corrected chi connectivity index (χ2v) is 4.47. The van der Waals surface area contributed by atoms with Crippen molar-refractivity contribution in [1.82, 2.24) is 24.9 Å². The number of rotatable bonds is 5. The van der Waals surface area contributed by atoms with Crippen LogP contribution in [0.1, 0.15) is 31.1 Å². The van der Waals surface area contributed by atoms with E-state index in [9.17, 15) is 0 Å². The normalized spacial score (nSPS) is 11.3. The Morgan fingerprint density at radius 2 is 2.12 bits per heavy atom. The van der Waals surface area contributed by atoms with Gasteiger partial charge in [-0.3, -0.25) is 9.36 Å². The standard InChI is InChI=1S/C12H19N5/c1-10(2)17-9-11(7-15-17)6-13-8-12-4-5-14-16(12)3/h4-5,7,9-10,13H,6,8H2,1-3H3. The molecule has 0 aliphatic carbocycles. The highest BCUT2D eigenvalue weighted by molar-refractivity contribution is 5.05. The average Bonchev–Trinajstić information content (AvgIpc) is 2.89. The van der Waals surface area contributed by atoms with E-state index < -0.39 is 0 Å². The van der Waals surface area contributed by atoms with Crippen molar-refractivity contribution in [3.8, 4) is 0 Å². The number of aromatic nitrogens is 4. The molecule has 2 aromatic rings. The van der Waals surface area contributed by atoms with Gasteiger partial charge in [-0.05, 0) is 19.9 Å². The molecule has 2 aromatic heterocycles. The van der Waals surface area contributed by atoms with E-state index in [0.29, 0.717) is 6.04 Å². The third-order valence-electron chi connectivity index (χ3n) is 2.74. The van der Waals surface area contributed by atoms with Gasteiger partial charge in [-0.15, -0.1) is 0 Å². The summed E-state index contributed by atoms with van der Waals surface area (Å²) in [5.74, 6) is 0. The summed E-state index contributed by atoms with van der Waals surface area (Å²) in [5, 5.41) is 11.8. The van der Waals surface area contributed by atoms with Crippen LogP contribution in [-0.2, 0) is 20.1 Å². The van der Waals surface area contributed by atoms with Crippen molar-refractivity contribution in [2.24, 2.45) is 7.05 Å². The maximum absolute atomic E-state index is 4.31. The minimum Gasteiger partial charge on any atom is -0.307 e. The molecule has 92 valence electrons. The zero-order valence-electron chi connectivity index (χ0n) is 10.6. The second-order valence-electron chi connectivity index (χ2n) is 4.47. The molecule has 0 spiro atoms. The Bertz CT molecular complexity index is 469. The molecule has 5 heteroatoms. The molecule has 0 saturated heterocycles. The first-order chi connectivity index (χ1) is 8.16. The van der Waals surface area contributed by atoms with Gasteiger partial charge in [0, 0.05) is 44.1 Å². The Balaban J connectivity index is 1.84. The monoisotopic (exact) mass is 233 g/mol. The molecule has 0 unspecified atom stereocenters. The van der Waals surface area contributed by atoms with Crippen molar-refractivity contribution in [2.45, 2.75) is 33.0 Å². The van der Waals surface area contributed by atoms with E-state index in [0.717, 1.165) is 13.1 Å². The number of hydrogen-bond donors (Lipinski definition) is 1. The topological polar surface area (TPSA) is 47.7 Å². The molecule has 0 aliphatic heterocycles. The van der Waals surface area contributed by atoms with Gasteiger partial charge in [0.2, 0.25) is 0 Å².